The normalized spacial score (nSPS) is 21.5. The van der Waals surface area contributed by atoms with Crippen molar-refractivity contribution < 1.29 is 0 Å². The molecule has 0 radical (unpaired) electrons. The van der Waals surface area contributed by atoms with Gasteiger partial charge >= 0.3 is 0 Å². The van der Waals surface area contributed by atoms with E-state index < -0.39 is 0 Å². The lowest BCUT2D eigenvalue weighted by Crippen LogP contribution is -2.49. The smallest absolute Gasteiger partial charge is 0.229 e. The number of aromatic nitrogens is 6. The van der Waals surface area contributed by atoms with E-state index in [-0.39, 0.29) is 0 Å². The van der Waals surface area contributed by atoms with Crippen LogP contribution in [0.25, 0.3) is 5.69 Å². The molecule has 2 unspecified atom stereocenters. The molecular weight excluding hydrogens is 390 g/mol. The third-order valence-electron chi connectivity index (χ3n) is 6.49. The molecule has 2 fully saturated rings. The predicted octanol–water partition coefficient (Wildman–Crippen LogP) is 3.18. The number of piperidine rings is 2. The molecule has 0 amide bonds. The second-order valence-electron chi connectivity index (χ2n) is 8.53. The number of benzene rings is 1. The highest BCUT2D eigenvalue weighted by molar-refractivity contribution is 5.60. The molecule has 2 N–H and O–H groups in total. The van der Waals surface area contributed by atoms with Crippen LogP contribution in [0.2, 0.25) is 0 Å². The van der Waals surface area contributed by atoms with Crippen molar-refractivity contribution in [1.82, 2.24) is 35.1 Å². The van der Waals surface area contributed by atoms with Gasteiger partial charge in [-0.05, 0) is 85.8 Å². The van der Waals surface area contributed by atoms with Gasteiger partial charge in [0.05, 0.1) is 5.69 Å². The SMILES string of the molecule is Cc1ccc(Nc2nccc(NCC3CCCN4CCCCC34)n2)cc1-n1cnnn1. The number of hydrogen-bond donors (Lipinski definition) is 2. The van der Waals surface area contributed by atoms with Gasteiger partial charge in [0, 0.05) is 24.5 Å². The number of anilines is 3. The first-order chi connectivity index (χ1) is 15.3. The predicted molar refractivity (Wildman–Crippen MR) is 120 cm³/mol. The lowest BCUT2D eigenvalue weighted by molar-refractivity contribution is 0.0649. The van der Waals surface area contributed by atoms with Crippen LogP contribution in [-0.2, 0) is 0 Å². The maximum Gasteiger partial charge on any atom is 0.229 e. The van der Waals surface area contributed by atoms with Gasteiger partial charge in [0.25, 0.3) is 0 Å². The van der Waals surface area contributed by atoms with Crippen LogP contribution in [0.15, 0.2) is 36.8 Å². The summed E-state index contributed by atoms with van der Waals surface area (Å²) < 4.78 is 1.65. The van der Waals surface area contributed by atoms with Gasteiger partial charge in [-0.3, -0.25) is 0 Å². The zero-order valence-electron chi connectivity index (χ0n) is 17.9. The summed E-state index contributed by atoms with van der Waals surface area (Å²) in [6.07, 6.45) is 10.0. The van der Waals surface area contributed by atoms with Gasteiger partial charge in [-0.2, -0.15) is 4.98 Å². The summed E-state index contributed by atoms with van der Waals surface area (Å²) in [4.78, 5) is 11.8. The van der Waals surface area contributed by atoms with Gasteiger partial charge in [-0.15, -0.1) is 5.10 Å². The minimum absolute atomic E-state index is 0.569. The molecule has 0 saturated carbocycles. The molecule has 1 aromatic carbocycles. The second kappa shape index (κ2) is 8.97. The molecule has 4 heterocycles. The van der Waals surface area contributed by atoms with Gasteiger partial charge in [-0.25, -0.2) is 9.67 Å². The molecule has 2 aliphatic rings. The molecule has 31 heavy (non-hydrogen) atoms. The topological polar surface area (TPSA) is 96.7 Å². The van der Waals surface area contributed by atoms with Crippen LogP contribution in [0.4, 0.5) is 17.5 Å². The Bertz CT molecular complexity index is 1000. The van der Waals surface area contributed by atoms with Crippen LogP contribution in [-0.4, -0.2) is 60.8 Å². The molecule has 0 bridgehead atoms. The number of nitrogens with one attached hydrogen (secondary N) is 2. The van der Waals surface area contributed by atoms with Crippen molar-refractivity contribution in [2.75, 3.05) is 30.3 Å². The largest absolute Gasteiger partial charge is 0.370 e. The Kier molecular flexibility index (Phi) is 5.75. The van der Waals surface area contributed by atoms with E-state index in [1.807, 2.05) is 31.2 Å². The summed E-state index contributed by atoms with van der Waals surface area (Å²) >= 11 is 0. The standard InChI is InChI=1S/C22H29N9/c1-16-7-8-18(13-20(16)31-15-25-28-29-31)26-22-23-10-9-21(27-22)24-14-17-5-4-12-30-11-3-2-6-19(17)30/h7-10,13,15,17,19H,2-6,11-12,14H2,1H3,(H2,23,24,26,27). The van der Waals surface area contributed by atoms with Gasteiger partial charge in [0.2, 0.25) is 5.95 Å². The monoisotopic (exact) mass is 419 g/mol. The van der Waals surface area contributed by atoms with E-state index in [9.17, 15) is 0 Å². The Labute approximate surface area is 182 Å². The summed E-state index contributed by atoms with van der Waals surface area (Å²) in [5.74, 6) is 2.12. The molecule has 0 spiro atoms. The maximum atomic E-state index is 4.68. The van der Waals surface area contributed by atoms with E-state index >= 15 is 0 Å². The van der Waals surface area contributed by atoms with E-state index in [1.165, 1.54) is 45.2 Å². The average Bonchev–Trinajstić information content (AvgIpc) is 3.34. The third kappa shape index (κ3) is 4.51. The van der Waals surface area contributed by atoms with Crippen molar-refractivity contribution >= 4 is 17.5 Å². The number of rotatable bonds is 6. The number of nitrogens with zero attached hydrogens (tertiary/aromatic N) is 7. The fourth-order valence-corrected chi connectivity index (χ4v) is 4.90. The van der Waals surface area contributed by atoms with Crippen LogP contribution < -0.4 is 10.6 Å². The second-order valence-corrected chi connectivity index (χ2v) is 8.53. The van der Waals surface area contributed by atoms with Gasteiger partial charge in [-0.1, -0.05) is 12.5 Å². The van der Waals surface area contributed by atoms with Gasteiger partial charge in [0.1, 0.15) is 12.1 Å². The van der Waals surface area contributed by atoms with Crippen molar-refractivity contribution in [3.05, 3.63) is 42.4 Å². The number of tetrazole rings is 1. The van der Waals surface area contributed by atoms with Crippen molar-refractivity contribution in [3.63, 3.8) is 0 Å². The molecule has 3 aromatic rings. The summed E-state index contributed by atoms with van der Waals surface area (Å²) in [5, 5.41) is 18.3. The van der Waals surface area contributed by atoms with Gasteiger partial charge in [0.15, 0.2) is 0 Å². The first-order valence-electron chi connectivity index (χ1n) is 11.2. The fourth-order valence-electron chi connectivity index (χ4n) is 4.90. The fraction of sp³-hybridized carbons (Fsp3) is 0.500. The minimum atomic E-state index is 0.569. The Morgan fingerprint density at radius 3 is 2.94 bits per heavy atom. The molecular formula is C22H29N9. The molecule has 2 saturated heterocycles. The molecule has 0 aliphatic carbocycles. The highest BCUT2D eigenvalue weighted by Crippen LogP contribution is 2.31. The summed E-state index contributed by atoms with van der Waals surface area (Å²) in [6, 6.07) is 8.70. The van der Waals surface area contributed by atoms with E-state index in [4.69, 9.17) is 0 Å². The van der Waals surface area contributed by atoms with E-state index in [2.05, 4.69) is 41.0 Å². The van der Waals surface area contributed by atoms with E-state index in [0.29, 0.717) is 11.9 Å². The maximum absolute atomic E-state index is 4.68. The summed E-state index contributed by atoms with van der Waals surface area (Å²) in [6.45, 7) is 5.53. The Balaban J connectivity index is 1.25. The third-order valence-corrected chi connectivity index (χ3v) is 6.49. The zero-order valence-corrected chi connectivity index (χ0v) is 17.9. The van der Waals surface area contributed by atoms with Crippen LogP contribution in [0.5, 0.6) is 0 Å². The highest BCUT2D eigenvalue weighted by atomic mass is 15.5. The molecule has 9 heteroatoms. The quantitative estimate of drug-likeness (QED) is 0.629. The Hall–Kier alpha value is -3.07. The van der Waals surface area contributed by atoms with E-state index in [0.717, 1.165) is 35.3 Å². The summed E-state index contributed by atoms with van der Waals surface area (Å²) in [7, 11) is 0. The number of fused-ring (bicyclic) bond motifs is 1. The number of hydrogen-bond acceptors (Lipinski definition) is 8. The molecule has 2 aliphatic heterocycles. The van der Waals surface area contributed by atoms with Crippen LogP contribution in [0.1, 0.15) is 37.7 Å². The lowest BCUT2D eigenvalue weighted by atomic mass is 9.83. The Morgan fingerprint density at radius 1 is 1.10 bits per heavy atom. The Morgan fingerprint density at radius 2 is 2.03 bits per heavy atom. The van der Waals surface area contributed by atoms with E-state index in [1.54, 1.807) is 17.2 Å². The molecule has 9 nitrogen and oxygen atoms in total. The van der Waals surface area contributed by atoms with Crippen molar-refractivity contribution in [2.24, 2.45) is 5.92 Å². The van der Waals surface area contributed by atoms with Crippen LogP contribution >= 0.6 is 0 Å². The highest BCUT2D eigenvalue weighted by Gasteiger charge is 2.32. The lowest BCUT2D eigenvalue weighted by Gasteiger charge is -2.44. The van der Waals surface area contributed by atoms with Crippen LogP contribution in [0.3, 0.4) is 0 Å². The van der Waals surface area contributed by atoms with Crippen molar-refractivity contribution in [3.8, 4) is 5.69 Å². The van der Waals surface area contributed by atoms with Crippen molar-refractivity contribution in [2.45, 2.75) is 45.1 Å². The minimum Gasteiger partial charge on any atom is -0.370 e. The summed E-state index contributed by atoms with van der Waals surface area (Å²) in [5.41, 5.74) is 2.88. The van der Waals surface area contributed by atoms with Gasteiger partial charge < -0.3 is 15.5 Å². The first-order valence-corrected chi connectivity index (χ1v) is 11.2. The first kappa shape index (κ1) is 19.9. The number of aryl methyl sites for hydroxylation is 1. The zero-order chi connectivity index (χ0) is 21.0. The average molecular weight is 420 g/mol. The molecule has 2 aromatic heterocycles. The van der Waals surface area contributed by atoms with Crippen molar-refractivity contribution in [1.29, 1.82) is 0 Å². The molecule has 2 atom stereocenters. The molecule has 162 valence electrons. The molecule has 5 rings (SSSR count). The van der Waals surface area contributed by atoms with Crippen LogP contribution in [0, 0.1) is 12.8 Å².